The molecule has 0 nitrogen and oxygen atoms in total. The maximum absolute atomic E-state index is 2.53. The van der Waals surface area contributed by atoms with Crippen LogP contribution in [-0.2, 0) is 0 Å². The lowest BCUT2D eigenvalue weighted by Gasteiger charge is -2.27. The summed E-state index contributed by atoms with van der Waals surface area (Å²) in [5, 5.41) is 0. The molecule has 3 aliphatic rings. The van der Waals surface area contributed by atoms with Crippen LogP contribution in [0.3, 0.4) is 0 Å². The first-order valence-electron chi connectivity index (χ1n) is 11.2. The van der Waals surface area contributed by atoms with E-state index in [1.54, 1.807) is 12.8 Å². The molecule has 0 amide bonds. The third-order valence-corrected chi connectivity index (χ3v) is 8.34. The largest absolute Gasteiger partial charge is 0.0649 e. The molecule has 5 unspecified atom stereocenters. The standard InChI is InChI=1S/C24H44/c1-7-23(4,5)10-8-18(9-11-24(6)12-13-24)15-20-21-16-19(22(20)21)14-17(2)3/h17-22H,7-16H2,1-6H3. The van der Waals surface area contributed by atoms with Crippen molar-refractivity contribution in [3.63, 3.8) is 0 Å². The van der Waals surface area contributed by atoms with Crippen molar-refractivity contribution in [2.75, 3.05) is 0 Å². The zero-order chi connectivity index (χ0) is 17.5. The molecule has 0 spiro atoms. The number of hydrogen-bond acceptors (Lipinski definition) is 0. The molecule has 24 heavy (non-hydrogen) atoms. The summed E-state index contributed by atoms with van der Waals surface area (Å²) >= 11 is 0. The summed E-state index contributed by atoms with van der Waals surface area (Å²) in [7, 11) is 0. The van der Waals surface area contributed by atoms with Crippen LogP contribution in [0, 0.1) is 46.3 Å². The Morgan fingerprint density at radius 3 is 2.38 bits per heavy atom. The van der Waals surface area contributed by atoms with Crippen LogP contribution in [0.1, 0.15) is 106 Å². The molecule has 0 radical (unpaired) electrons. The van der Waals surface area contributed by atoms with Gasteiger partial charge in [0.2, 0.25) is 0 Å². The molecule has 0 heterocycles. The lowest BCUT2D eigenvalue weighted by atomic mass is 9.79. The third-order valence-electron chi connectivity index (χ3n) is 8.34. The number of fused-ring (bicyclic) bond motifs is 1. The van der Waals surface area contributed by atoms with E-state index >= 15 is 0 Å². The average Bonchev–Trinajstić information content (AvgIpc) is 3.36. The van der Waals surface area contributed by atoms with Crippen LogP contribution in [0.4, 0.5) is 0 Å². The minimum Gasteiger partial charge on any atom is -0.0649 e. The highest BCUT2D eigenvalue weighted by molar-refractivity contribution is 5.10. The second-order valence-electron chi connectivity index (χ2n) is 11.5. The van der Waals surface area contributed by atoms with Crippen molar-refractivity contribution in [2.45, 2.75) is 106 Å². The van der Waals surface area contributed by atoms with Gasteiger partial charge in [-0.3, -0.25) is 0 Å². The molecule has 0 bridgehead atoms. The fourth-order valence-electron chi connectivity index (χ4n) is 5.56. The first-order valence-corrected chi connectivity index (χ1v) is 11.2. The molecule has 3 aliphatic carbocycles. The highest BCUT2D eigenvalue weighted by Crippen LogP contribution is 2.68. The van der Waals surface area contributed by atoms with Crippen LogP contribution in [0.2, 0.25) is 0 Å². The van der Waals surface area contributed by atoms with Crippen molar-refractivity contribution in [1.82, 2.24) is 0 Å². The highest BCUT2D eigenvalue weighted by Gasteiger charge is 2.61. The van der Waals surface area contributed by atoms with Crippen LogP contribution in [0.5, 0.6) is 0 Å². The van der Waals surface area contributed by atoms with Gasteiger partial charge in [0.1, 0.15) is 0 Å². The molecule has 0 aromatic rings. The Hall–Kier alpha value is 0. The monoisotopic (exact) mass is 332 g/mol. The van der Waals surface area contributed by atoms with Crippen molar-refractivity contribution in [3.05, 3.63) is 0 Å². The predicted octanol–water partition coefficient (Wildman–Crippen LogP) is 7.72. The number of rotatable bonds is 11. The first-order chi connectivity index (χ1) is 11.2. The molecule has 5 atom stereocenters. The normalized spacial score (nSPS) is 34.6. The molecule has 0 aromatic carbocycles. The van der Waals surface area contributed by atoms with Gasteiger partial charge in [0.25, 0.3) is 0 Å². The quantitative estimate of drug-likeness (QED) is 0.363. The van der Waals surface area contributed by atoms with E-state index in [4.69, 9.17) is 0 Å². The van der Waals surface area contributed by atoms with Gasteiger partial charge < -0.3 is 0 Å². The summed E-state index contributed by atoms with van der Waals surface area (Å²) in [5.41, 5.74) is 1.31. The average molecular weight is 333 g/mol. The van der Waals surface area contributed by atoms with Gasteiger partial charge in [-0.2, -0.15) is 0 Å². The van der Waals surface area contributed by atoms with Gasteiger partial charge in [-0.05, 0) is 104 Å². The minimum absolute atomic E-state index is 0.560. The molecular formula is C24H44. The Morgan fingerprint density at radius 2 is 1.79 bits per heavy atom. The molecule has 3 saturated carbocycles. The van der Waals surface area contributed by atoms with E-state index < -0.39 is 0 Å². The molecule has 0 heteroatoms. The van der Waals surface area contributed by atoms with E-state index in [0.717, 1.165) is 40.9 Å². The van der Waals surface area contributed by atoms with Gasteiger partial charge in [0.15, 0.2) is 0 Å². The number of hydrogen-bond donors (Lipinski definition) is 0. The SMILES string of the molecule is CCC(C)(C)CCC(CCC1(C)CC1)CC1C2CC(CC(C)C)C12. The maximum Gasteiger partial charge on any atom is -0.0323 e. The van der Waals surface area contributed by atoms with Crippen LogP contribution in [0.15, 0.2) is 0 Å². The van der Waals surface area contributed by atoms with Crippen molar-refractivity contribution in [3.8, 4) is 0 Å². The molecule has 3 rings (SSSR count). The molecule has 140 valence electrons. The predicted molar refractivity (Wildman–Crippen MR) is 106 cm³/mol. The Labute approximate surface area is 152 Å². The van der Waals surface area contributed by atoms with Gasteiger partial charge in [0, 0.05) is 0 Å². The van der Waals surface area contributed by atoms with Gasteiger partial charge >= 0.3 is 0 Å². The first kappa shape index (κ1) is 18.8. The lowest BCUT2D eigenvalue weighted by Crippen LogP contribution is -2.17. The zero-order valence-electron chi connectivity index (χ0n) is 17.5. The van der Waals surface area contributed by atoms with E-state index in [0.29, 0.717) is 5.41 Å². The summed E-state index contributed by atoms with van der Waals surface area (Å²) in [6.45, 7) is 14.7. The summed E-state index contributed by atoms with van der Waals surface area (Å²) < 4.78 is 0. The van der Waals surface area contributed by atoms with E-state index in [2.05, 4.69) is 41.5 Å². The smallest absolute Gasteiger partial charge is 0.0323 e. The van der Waals surface area contributed by atoms with Gasteiger partial charge in [-0.25, -0.2) is 0 Å². The van der Waals surface area contributed by atoms with Gasteiger partial charge in [0.05, 0.1) is 0 Å². The Bertz CT molecular complexity index is 414. The van der Waals surface area contributed by atoms with Crippen molar-refractivity contribution in [2.24, 2.45) is 46.3 Å². The summed E-state index contributed by atoms with van der Waals surface area (Å²) in [4.78, 5) is 0. The Kier molecular flexibility index (Phi) is 5.44. The maximum atomic E-state index is 2.53. The second kappa shape index (κ2) is 6.96. The van der Waals surface area contributed by atoms with Crippen molar-refractivity contribution >= 4 is 0 Å². The minimum atomic E-state index is 0.560. The summed E-state index contributed by atoms with van der Waals surface area (Å²) in [5.74, 6) is 6.50. The van der Waals surface area contributed by atoms with Crippen LogP contribution in [0.25, 0.3) is 0 Å². The fourth-order valence-corrected chi connectivity index (χ4v) is 5.56. The van der Waals surface area contributed by atoms with E-state index in [1.807, 2.05) is 0 Å². The Morgan fingerprint density at radius 1 is 1.08 bits per heavy atom. The van der Waals surface area contributed by atoms with Crippen LogP contribution in [-0.4, -0.2) is 0 Å². The molecule has 0 aliphatic heterocycles. The second-order valence-corrected chi connectivity index (χ2v) is 11.5. The van der Waals surface area contributed by atoms with Crippen LogP contribution < -0.4 is 0 Å². The fraction of sp³-hybridized carbons (Fsp3) is 1.00. The van der Waals surface area contributed by atoms with Crippen molar-refractivity contribution < 1.29 is 0 Å². The van der Waals surface area contributed by atoms with Gasteiger partial charge in [-0.15, -0.1) is 0 Å². The topological polar surface area (TPSA) is 0 Å². The molecule has 3 fully saturated rings. The zero-order valence-corrected chi connectivity index (χ0v) is 17.5. The van der Waals surface area contributed by atoms with E-state index in [-0.39, 0.29) is 0 Å². The third kappa shape index (κ3) is 4.59. The molecule has 0 N–H and O–H groups in total. The van der Waals surface area contributed by atoms with E-state index in [1.165, 1.54) is 51.4 Å². The van der Waals surface area contributed by atoms with E-state index in [9.17, 15) is 0 Å². The Balaban J connectivity index is 1.47. The van der Waals surface area contributed by atoms with Crippen molar-refractivity contribution in [1.29, 1.82) is 0 Å². The van der Waals surface area contributed by atoms with Crippen LogP contribution >= 0.6 is 0 Å². The molecule has 0 aromatic heterocycles. The molecular weight excluding hydrogens is 288 g/mol. The summed E-state index contributed by atoms with van der Waals surface area (Å²) in [6.07, 6.45) is 15.0. The molecule has 0 saturated heterocycles. The van der Waals surface area contributed by atoms with Gasteiger partial charge in [-0.1, -0.05) is 48.0 Å². The summed E-state index contributed by atoms with van der Waals surface area (Å²) in [6, 6.07) is 0. The lowest BCUT2D eigenvalue weighted by molar-refractivity contribution is 0.238. The highest BCUT2D eigenvalue weighted by atomic mass is 14.7.